The average Bonchev–Trinajstić information content (AvgIpc) is 2.53. The van der Waals surface area contributed by atoms with Crippen molar-refractivity contribution in [1.29, 1.82) is 0 Å². The number of rotatable bonds is 4. The summed E-state index contributed by atoms with van der Waals surface area (Å²) in [6, 6.07) is 12.2. The smallest absolute Gasteiger partial charge is 0.339 e. The molecule has 2 aromatic carbocycles. The quantitative estimate of drug-likeness (QED) is 0.635. The molecular weight excluding hydrogens is 326 g/mol. The van der Waals surface area contributed by atoms with Gasteiger partial charge in [-0.25, -0.2) is 4.79 Å². The van der Waals surface area contributed by atoms with E-state index in [0.717, 1.165) is 0 Å². The van der Waals surface area contributed by atoms with Crippen molar-refractivity contribution < 1.29 is 17.9 Å². The van der Waals surface area contributed by atoms with E-state index in [4.69, 9.17) is 11.6 Å². The lowest BCUT2D eigenvalue weighted by Gasteiger charge is -2.05. The lowest BCUT2D eigenvalue weighted by atomic mass is 10.2. The molecular formula is C15H12ClNO4S. The van der Waals surface area contributed by atoms with E-state index in [2.05, 4.69) is 9.13 Å². The van der Waals surface area contributed by atoms with Crippen LogP contribution in [0.4, 0.5) is 0 Å². The summed E-state index contributed by atoms with van der Waals surface area (Å²) >= 11 is 5.76. The maximum Gasteiger partial charge on any atom is 0.339 e. The first-order chi connectivity index (χ1) is 10.4. The first-order valence-corrected chi connectivity index (χ1v) is 7.99. The molecule has 0 bridgehead atoms. The molecule has 0 aliphatic carbocycles. The molecule has 2 aromatic rings. The van der Waals surface area contributed by atoms with Crippen LogP contribution >= 0.6 is 11.6 Å². The Morgan fingerprint density at radius 1 is 1.14 bits per heavy atom. The van der Waals surface area contributed by atoms with Gasteiger partial charge in [-0.05, 0) is 29.8 Å². The molecule has 7 heteroatoms. The van der Waals surface area contributed by atoms with Gasteiger partial charge in [-0.2, -0.15) is 12.8 Å². The van der Waals surface area contributed by atoms with Crippen molar-refractivity contribution in [2.24, 2.45) is 4.40 Å². The molecule has 0 saturated heterocycles. The molecule has 22 heavy (non-hydrogen) atoms. The summed E-state index contributed by atoms with van der Waals surface area (Å²) in [6.07, 6.45) is 1.19. The van der Waals surface area contributed by atoms with Crippen LogP contribution in [0.25, 0.3) is 0 Å². The summed E-state index contributed by atoms with van der Waals surface area (Å²) in [4.78, 5) is 11.4. The van der Waals surface area contributed by atoms with E-state index in [1.54, 1.807) is 30.3 Å². The summed E-state index contributed by atoms with van der Waals surface area (Å²) in [5.41, 5.74) is 0.516. The summed E-state index contributed by atoms with van der Waals surface area (Å²) in [6.45, 7) is 0. The zero-order valence-corrected chi connectivity index (χ0v) is 13.1. The zero-order valence-electron chi connectivity index (χ0n) is 11.6. The number of nitrogens with zero attached hydrogens (tertiary/aromatic N) is 1. The third-order valence-corrected chi connectivity index (χ3v) is 4.33. The van der Waals surface area contributed by atoms with Gasteiger partial charge in [0.25, 0.3) is 10.0 Å². The van der Waals surface area contributed by atoms with Crippen LogP contribution in [0.1, 0.15) is 15.9 Å². The van der Waals surface area contributed by atoms with Crippen LogP contribution in [0.15, 0.2) is 57.8 Å². The predicted octanol–water partition coefficient (Wildman–Crippen LogP) is 2.93. The summed E-state index contributed by atoms with van der Waals surface area (Å²) in [5, 5.41) is 0.538. The van der Waals surface area contributed by atoms with Crippen molar-refractivity contribution in [3.05, 3.63) is 64.7 Å². The van der Waals surface area contributed by atoms with Crippen LogP contribution in [0.3, 0.4) is 0 Å². The Hall–Kier alpha value is -2.18. The molecule has 0 radical (unpaired) electrons. The van der Waals surface area contributed by atoms with Crippen LogP contribution in [0, 0.1) is 0 Å². The highest BCUT2D eigenvalue weighted by molar-refractivity contribution is 7.90. The van der Waals surface area contributed by atoms with Gasteiger partial charge in [0.1, 0.15) is 4.90 Å². The highest BCUT2D eigenvalue weighted by Gasteiger charge is 2.21. The van der Waals surface area contributed by atoms with Gasteiger partial charge in [-0.1, -0.05) is 35.9 Å². The van der Waals surface area contributed by atoms with Crippen molar-refractivity contribution in [2.75, 3.05) is 7.11 Å². The number of ether oxygens (including phenoxy) is 1. The highest BCUT2D eigenvalue weighted by Crippen LogP contribution is 2.19. The standard InChI is InChI=1S/C15H12ClNO4S/c1-21-15(18)13-4-2-3-5-14(13)22(19,20)17-10-11-6-8-12(16)9-7-11/h2-10H,1H3. The van der Waals surface area contributed by atoms with Crippen molar-refractivity contribution in [2.45, 2.75) is 4.90 Å². The number of hydrogen-bond donors (Lipinski definition) is 0. The molecule has 2 rings (SSSR count). The van der Waals surface area contributed by atoms with E-state index < -0.39 is 16.0 Å². The maximum atomic E-state index is 12.3. The molecule has 0 saturated carbocycles. The van der Waals surface area contributed by atoms with Crippen LogP contribution in [0.5, 0.6) is 0 Å². The first-order valence-electron chi connectivity index (χ1n) is 6.17. The SMILES string of the molecule is COC(=O)c1ccccc1S(=O)(=O)N=Cc1ccc(Cl)cc1. The van der Waals surface area contributed by atoms with Crippen LogP contribution in [-0.4, -0.2) is 27.7 Å². The molecule has 0 N–H and O–H groups in total. The second-order valence-electron chi connectivity index (χ2n) is 4.25. The van der Waals surface area contributed by atoms with Gasteiger partial charge < -0.3 is 4.74 Å². The molecule has 0 aromatic heterocycles. The molecule has 0 atom stereocenters. The first kappa shape index (κ1) is 16.2. The summed E-state index contributed by atoms with van der Waals surface area (Å²) in [7, 11) is -2.84. The normalized spacial score (nSPS) is 11.5. The van der Waals surface area contributed by atoms with Crippen LogP contribution in [0.2, 0.25) is 5.02 Å². The Kier molecular flexibility index (Phi) is 4.95. The molecule has 0 amide bonds. The fourth-order valence-corrected chi connectivity index (χ4v) is 2.89. The monoisotopic (exact) mass is 337 g/mol. The number of sulfonamides is 1. The summed E-state index contributed by atoms with van der Waals surface area (Å²) < 4.78 is 32.7. The molecule has 0 aliphatic rings. The van der Waals surface area contributed by atoms with E-state index in [0.29, 0.717) is 10.6 Å². The van der Waals surface area contributed by atoms with Crippen LogP contribution < -0.4 is 0 Å². The van der Waals surface area contributed by atoms with Gasteiger partial charge in [0.15, 0.2) is 0 Å². The second kappa shape index (κ2) is 6.72. The fraction of sp³-hybridized carbons (Fsp3) is 0.0667. The second-order valence-corrected chi connectivity index (χ2v) is 6.29. The van der Waals surface area contributed by atoms with E-state index >= 15 is 0 Å². The number of benzene rings is 2. The topological polar surface area (TPSA) is 72.8 Å². The van der Waals surface area contributed by atoms with Crippen LogP contribution in [-0.2, 0) is 14.8 Å². The molecule has 114 valence electrons. The average molecular weight is 338 g/mol. The number of halogens is 1. The molecule has 5 nitrogen and oxygen atoms in total. The van der Waals surface area contributed by atoms with E-state index in [9.17, 15) is 13.2 Å². The Labute approximate surface area is 133 Å². The fourth-order valence-electron chi connectivity index (χ4n) is 1.71. The van der Waals surface area contributed by atoms with Crippen molar-refractivity contribution in [3.8, 4) is 0 Å². The van der Waals surface area contributed by atoms with Gasteiger partial charge >= 0.3 is 5.97 Å². The zero-order chi connectivity index (χ0) is 16.2. The minimum Gasteiger partial charge on any atom is -0.465 e. The highest BCUT2D eigenvalue weighted by atomic mass is 35.5. The lowest BCUT2D eigenvalue weighted by Crippen LogP contribution is -2.09. The number of carbonyl (C=O) groups excluding carboxylic acids is 1. The largest absolute Gasteiger partial charge is 0.465 e. The van der Waals surface area contributed by atoms with Crippen molar-refractivity contribution >= 4 is 33.8 Å². The van der Waals surface area contributed by atoms with Gasteiger partial charge in [0.2, 0.25) is 0 Å². The number of esters is 1. The Morgan fingerprint density at radius 2 is 1.77 bits per heavy atom. The molecule has 0 aliphatic heterocycles. The van der Waals surface area contributed by atoms with Gasteiger partial charge in [0, 0.05) is 11.2 Å². The third-order valence-electron chi connectivity index (χ3n) is 2.78. The van der Waals surface area contributed by atoms with Gasteiger partial charge in [-0.15, -0.1) is 0 Å². The minimum atomic E-state index is -4.02. The maximum absolute atomic E-state index is 12.3. The molecule has 0 unspecified atom stereocenters. The van der Waals surface area contributed by atoms with E-state index in [1.807, 2.05) is 0 Å². The molecule has 0 heterocycles. The van der Waals surface area contributed by atoms with Gasteiger partial charge in [0.05, 0.1) is 12.7 Å². The number of carbonyl (C=O) groups is 1. The van der Waals surface area contributed by atoms with E-state index in [1.165, 1.54) is 31.5 Å². The molecule has 0 fully saturated rings. The summed E-state index contributed by atoms with van der Waals surface area (Å²) in [5.74, 6) is -0.735. The Bertz CT molecular complexity index is 814. The van der Waals surface area contributed by atoms with Gasteiger partial charge in [-0.3, -0.25) is 0 Å². The number of hydrogen-bond acceptors (Lipinski definition) is 4. The Balaban J connectivity index is 2.39. The minimum absolute atomic E-state index is 0.0572. The predicted molar refractivity (Wildman–Crippen MR) is 84.0 cm³/mol. The van der Waals surface area contributed by atoms with Crippen molar-refractivity contribution in [1.82, 2.24) is 0 Å². The van der Waals surface area contributed by atoms with Crippen molar-refractivity contribution in [3.63, 3.8) is 0 Å². The third kappa shape index (κ3) is 3.72. The Morgan fingerprint density at radius 3 is 2.41 bits per heavy atom. The molecule has 0 spiro atoms. The lowest BCUT2D eigenvalue weighted by molar-refractivity contribution is 0.0596. The van der Waals surface area contributed by atoms with E-state index in [-0.39, 0.29) is 10.5 Å². The number of methoxy groups -OCH3 is 1.